The van der Waals surface area contributed by atoms with Crippen LogP contribution in [0, 0.1) is 0 Å². The summed E-state index contributed by atoms with van der Waals surface area (Å²) in [6.07, 6.45) is 1.58. The lowest BCUT2D eigenvalue weighted by molar-refractivity contribution is -0.139. The first-order valence-corrected chi connectivity index (χ1v) is 5.12. The van der Waals surface area contributed by atoms with Gasteiger partial charge in [-0.1, -0.05) is 0 Å². The fourth-order valence-electron chi connectivity index (χ4n) is 1.39. The zero-order chi connectivity index (χ0) is 11.5. The van der Waals surface area contributed by atoms with E-state index in [9.17, 15) is 4.79 Å². The van der Waals surface area contributed by atoms with Gasteiger partial charge in [0.25, 0.3) is 0 Å². The Kier molecular flexibility index (Phi) is 3.88. The molecule has 4 nitrogen and oxygen atoms in total. The molecule has 1 saturated heterocycles. The molecule has 0 aromatic heterocycles. The first kappa shape index (κ1) is 12.2. The highest BCUT2D eigenvalue weighted by molar-refractivity contribution is 5.87. The predicted molar refractivity (Wildman–Crippen MR) is 55.3 cm³/mol. The predicted octanol–water partition coefficient (Wildman–Crippen LogP) is 1.65. The number of carbonyl (C=O) groups is 1. The first-order chi connectivity index (χ1) is 6.94. The molecule has 0 radical (unpaired) electrons. The number of hydrogen-bond donors (Lipinski definition) is 0. The molecule has 1 rings (SSSR count). The third kappa shape index (κ3) is 3.64. The van der Waals surface area contributed by atoms with Crippen LogP contribution in [-0.4, -0.2) is 31.1 Å². The zero-order valence-corrected chi connectivity index (χ0v) is 9.70. The van der Waals surface area contributed by atoms with E-state index >= 15 is 0 Å². The molecule has 1 aliphatic heterocycles. The van der Waals surface area contributed by atoms with Gasteiger partial charge in [-0.05, 0) is 33.8 Å². The van der Waals surface area contributed by atoms with Gasteiger partial charge in [0.15, 0.2) is 5.79 Å². The molecule has 0 bridgehead atoms. The Bertz CT molecular complexity index is 268. The number of esters is 1. The molecule has 15 heavy (non-hydrogen) atoms. The second-order valence-electron chi connectivity index (χ2n) is 3.94. The van der Waals surface area contributed by atoms with E-state index in [2.05, 4.69) is 0 Å². The summed E-state index contributed by atoms with van der Waals surface area (Å²) in [5.41, 5.74) is 0.558. The van der Waals surface area contributed by atoms with E-state index in [-0.39, 0.29) is 12.1 Å². The van der Waals surface area contributed by atoms with E-state index < -0.39 is 5.79 Å². The molecule has 0 N–H and O–H groups in total. The van der Waals surface area contributed by atoms with Gasteiger partial charge in [-0.15, -0.1) is 0 Å². The Balaban J connectivity index is 2.53. The maximum Gasteiger partial charge on any atom is 0.333 e. The average molecular weight is 214 g/mol. The molecule has 4 heteroatoms. The van der Waals surface area contributed by atoms with Crippen LogP contribution in [0.25, 0.3) is 0 Å². The minimum atomic E-state index is -0.559. The van der Waals surface area contributed by atoms with Gasteiger partial charge < -0.3 is 14.2 Å². The van der Waals surface area contributed by atoms with Crippen molar-refractivity contribution in [2.75, 3.05) is 13.2 Å². The van der Waals surface area contributed by atoms with Crippen molar-refractivity contribution in [1.29, 1.82) is 0 Å². The van der Waals surface area contributed by atoms with Gasteiger partial charge in [0.1, 0.15) is 6.10 Å². The molecule has 0 spiro atoms. The van der Waals surface area contributed by atoms with E-state index in [1.54, 1.807) is 19.9 Å². The maximum atomic E-state index is 11.3. The van der Waals surface area contributed by atoms with Crippen LogP contribution in [0.3, 0.4) is 0 Å². The summed E-state index contributed by atoms with van der Waals surface area (Å²) in [7, 11) is 0. The van der Waals surface area contributed by atoms with E-state index in [0.717, 1.165) is 0 Å². The van der Waals surface area contributed by atoms with Crippen LogP contribution >= 0.6 is 0 Å². The topological polar surface area (TPSA) is 44.8 Å². The minimum Gasteiger partial charge on any atom is -0.463 e. The molecular weight excluding hydrogens is 196 g/mol. The smallest absolute Gasteiger partial charge is 0.333 e. The standard InChI is InChI=1S/C11H18O4/c1-5-13-10(12)8(2)6-9-7-14-11(3,4)15-9/h6,9H,5,7H2,1-4H3/b8-6+/t9-/m0/s1. The quantitative estimate of drug-likeness (QED) is 0.529. The van der Waals surface area contributed by atoms with Crippen molar-refractivity contribution < 1.29 is 19.0 Å². The molecule has 0 aliphatic carbocycles. The molecule has 0 aromatic carbocycles. The largest absolute Gasteiger partial charge is 0.463 e. The highest BCUT2D eigenvalue weighted by atomic mass is 16.7. The van der Waals surface area contributed by atoms with Gasteiger partial charge in [-0.3, -0.25) is 0 Å². The summed E-state index contributed by atoms with van der Waals surface area (Å²) in [6.45, 7) is 8.05. The summed E-state index contributed by atoms with van der Waals surface area (Å²) in [5, 5.41) is 0. The Morgan fingerprint density at radius 2 is 2.27 bits per heavy atom. The molecular formula is C11H18O4. The number of rotatable bonds is 3. The highest BCUT2D eigenvalue weighted by Crippen LogP contribution is 2.23. The molecule has 0 amide bonds. The Morgan fingerprint density at radius 3 is 2.73 bits per heavy atom. The second kappa shape index (κ2) is 4.77. The molecule has 0 aromatic rings. The monoisotopic (exact) mass is 214 g/mol. The first-order valence-electron chi connectivity index (χ1n) is 5.12. The fourth-order valence-corrected chi connectivity index (χ4v) is 1.39. The molecule has 1 heterocycles. The lowest BCUT2D eigenvalue weighted by Crippen LogP contribution is -2.21. The van der Waals surface area contributed by atoms with Crippen molar-refractivity contribution in [2.24, 2.45) is 0 Å². The number of carbonyl (C=O) groups excluding carboxylic acids is 1. The fraction of sp³-hybridized carbons (Fsp3) is 0.727. The molecule has 0 unspecified atom stereocenters. The van der Waals surface area contributed by atoms with Crippen LogP contribution in [-0.2, 0) is 19.0 Å². The SMILES string of the molecule is CCOC(=O)/C(C)=C/[C@H]1COC(C)(C)O1. The number of ether oxygens (including phenoxy) is 3. The van der Waals surface area contributed by atoms with Crippen LogP contribution in [0.4, 0.5) is 0 Å². The van der Waals surface area contributed by atoms with Crippen LogP contribution < -0.4 is 0 Å². The average Bonchev–Trinajstić information content (AvgIpc) is 2.46. The molecule has 86 valence electrons. The number of hydrogen-bond acceptors (Lipinski definition) is 4. The second-order valence-corrected chi connectivity index (χ2v) is 3.94. The molecule has 0 saturated carbocycles. The van der Waals surface area contributed by atoms with Crippen molar-refractivity contribution in [3.63, 3.8) is 0 Å². The Morgan fingerprint density at radius 1 is 1.60 bits per heavy atom. The summed E-state index contributed by atoms with van der Waals surface area (Å²) < 4.78 is 15.8. The van der Waals surface area contributed by atoms with Crippen molar-refractivity contribution >= 4 is 5.97 Å². The van der Waals surface area contributed by atoms with Crippen LogP contribution in [0.5, 0.6) is 0 Å². The van der Waals surface area contributed by atoms with Gasteiger partial charge in [0.2, 0.25) is 0 Å². The third-order valence-electron chi connectivity index (χ3n) is 2.06. The van der Waals surface area contributed by atoms with Crippen molar-refractivity contribution in [1.82, 2.24) is 0 Å². The minimum absolute atomic E-state index is 0.163. The summed E-state index contributed by atoms with van der Waals surface area (Å²) >= 11 is 0. The van der Waals surface area contributed by atoms with Crippen molar-refractivity contribution in [3.8, 4) is 0 Å². The van der Waals surface area contributed by atoms with E-state index in [4.69, 9.17) is 14.2 Å². The lowest BCUT2D eigenvalue weighted by atomic mass is 10.2. The van der Waals surface area contributed by atoms with Gasteiger partial charge in [0, 0.05) is 5.57 Å². The maximum absolute atomic E-state index is 11.3. The normalized spacial score (nSPS) is 25.3. The van der Waals surface area contributed by atoms with Crippen molar-refractivity contribution in [3.05, 3.63) is 11.6 Å². The van der Waals surface area contributed by atoms with Crippen LogP contribution in [0.2, 0.25) is 0 Å². The van der Waals surface area contributed by atoms with Crippen LogP contribution in [0.15, 0.2) is 11.6 Å². The molecule has 1 atom stereocenters. The van der Waals surface area contributed by atoms with Gasteiger partial charge in [-0.25, -0.2) is 4.79 Å². The molecule has 1 aliphatic rings. The van der Waals surface area contributed by atoms with Crippen molar-refractivity contribution in [2.45, 2.75) is 39.6 Å². The summed E-state index contributed by atoms with van der Waals surface area (Å²) in [6, 6.07) is 0. The van der Waals surface area contributed by atoms with Gasteiger partial charge >= 0.3 is 5.97 Å². The lowest BCUT2D eigenvalue weighted by Gasteiger charge is -2.15. The van der Waals surface area contributed by atoms with Gasteiger partial charge in [0.05, 0.1) is 13.2 Å². The third-order valence-corrected chi connectivity index (χ3v) is 2.06. The van der Waals surface area contributed by atoms with Gasteiger partial charge in [-0.2, -0.15) is 0 Å². The zero-order valence-electron chi connectivity index (χ0n) is 9.70. The van der Waals surface area contributed by atoms with Crippen LogP contribution in [0.1, 0.15) is 27.7 Å². The Hall–Kier alpha value is -0.870. The highest BCUT2D eigenvalue weighted by Gasteiger charge is 2.31. The molecule has 1 fully saturated rings. The van der Waals surface area contributed by atoms with E-state index in [1.807, 2.05) is 13.8 Å². The Labute approximate surface area is 90.2 Å². The van der Waals surface area contributed by atoms with E-state index in [0.29, 0.717) is 18.8 Å². The van der Waals surface area contributed by atoms with E-state index in [1.165, 1.54) is 0 Å². The summed E-state index contributed by atoms with van der Waals surface area (Å²) in [5.74, 6) is -0.860. The summed E-state index contributed by atoms with van der Waals surface area (Å²) in [4.78, 5) is 11.3.